The van der Waals surface area contributed by atoms with Crippen molar-refractivity contribution in [2.45, 2.75) is 0 Å². The smallest absolute Gasteiger partial charge is 0.262 e. The Morgan fingerprint density at radius 2 is 1.57 bits per heavy atom. The third-order valence-electron chi connectivity index (χ3n) is 2.50. The first kappa shape index (κ1) is 16.2. The van der Waals surface area contributed by atoms with Gasteiger partial charge in [0.2, 0.25) is 0 Å². The maximum atomic E-state index is 11.8. The molecule has 0 heterocycles. The summed E-state index contributed by atoms with van der Waals surface area (Å²) in [6.45, 7) is -0.233. The van der Waals surface area contributed by atoms with Crippen molar-refractivity contribution < 1.29 is 9.53 Å². The largest absolute Gasteiger partial charge is 0.482 e. The summed E-state index contributed by atoms with van der Waals surface area (Å²) in [5.41, 5.74) is 0.412. The Balaban J connectivity index is 1.99. The van der Waals surface area contributed by atoms with Crippen LogP contribution >= 0.6 is 46.4 Å². The average molecular weight is 365 g/mol. The van der Waals surface area contributed by atoms with Crippen LogP contribution in [-0.4, -0.2) is 12.5 Å². The van der Waals surface area contributed by atoms with E-state index in [4.69, 9.17) is 51.1 Å². The van der Waals surface area contributed by atoms with Crippen LogP contribution in [0.5, 0.6) is 5.75 Å². The van der Waals surface area contributed by atoms with E-state index in [-0.39, 0.29) is 16.7 Å². The van der Waals surface area contributed by atoms with Crippen LogP contribution in [0.15, 0.2) is 36.4 Å². The van der Waals surface area contributed by atoms with E-state index in [9.17, 15) is 4.79 Å². The second-order valence-corrected chi connectivity index (χ2v) is 5.56. The fraction of sp³-hybridized carbons (Fsp3) is 0.0714. The van der Waals surface area contributed by atoms with E-state index in [2.05, 4.69) is 5.32 Å². The van der Waals surface area contributed by atoms with Gasteiger partial charge in [-0.05, 0) is 24.3 Å². The third-order valence-corrected chi connectivity index (χ3v) is 4.12. The van der Waals surface area contributed by atoms with Crippen LogP contribution in [0.3, 0.4) is 0 Å². The Morgan fingerprint density at radius 3 is 2.29 bits per heavy atom. The zero-order chi connectivity index (χ0) is 15.4. The van der Waals surface area contributed by atoms with E-state index in [1.807, 2.05) is 0 Å². The first-order chi connectivity index (χ1) is 9.99. The van der Waals surface area contributed by atoms with Gasteiger partial charge < -0.3 is 10.1 Å². The minimum absolute atomic E-state index is 0.233. The molecule has 0 aromatic heterocycles. The quantitative estimate of drug-likeness (QED) is 0.797. The van der Waals surface area contributed by atoms with E-state index in [0.29, 0.717) is 21.5 Å². The lowest BCUT2D eigenvalue weighted by molar-refractivity contribution is -0.118. The van der Waals surface area contributed by atoms with Crippen molar-refractivity contribution in [3.8, 4) is 5.75 Å². The fourth-order valence-corrected chi connectivity index (χ4v) is 2.22. The minimum atomic E-state index is -0.393. The highest BCUT2D eigenvalue weighted by molar-refractivity contribution is 6.44. The Hall–Kier alpha value is -1.13. The molecule has 2 aromatic rings. The molecular weight excluding hydrogens is 356 g/mol. The average Bonchev–Trinajstić information content (AvgIpc) is 2.45. The monoisotopic (exact) mass is 363 g/mol. The van der Waals surface area contributed by atoms with Gasteiger partial charge in [0.1, 0.15) is 10.8 Å². The lowest BCUT2D eigenvalue weighted by atomic mass is 10.3. The first-order valence-corrected chi connectivity index (χ1v) is 7.31. The molecule has 3 nitrogen and oxygen atoms in total. The zero-order valence-electron chi connectivity index (χ0n) is 10.5. The number of benzene rings is 2. The van der Waals surface area contributed by atoms with E-state index >= 15 is 0 Å². The molecule has 0 radical (unpaired) electrons. The van der Waals surface area contributed by atoms with Crippen molar-refractivity contribution in [2.75, 3.05) is 11.9 Å². The van der Waals surface area contributed by atoms with Gasteiger partial charge in [-0.25, -0.2) is 0 Å². The van der Waals surface area contributed by atoms with E-state index in [0.717, 1.165) is 0 Å². The molecule has 0 saturated carbocycles. The van der Waals surface area contributed by atoms with Gasteiger partial charge in [-0.1, -0.05) is 58.5 Å². The van der Waals surface area contributed by atoms with E-state index < -0.39 is 5.91 Å². The summed E-state index contributed by atoms with van der Waals surface area (Å²) in [4.78, 5) is 11.8. The number of carbonyl (C=O) groups excluding carboxylic acids is 1. The van der Waals surface area contributed by atoms with Crippen LogP contribution in [-0.2, 0) is 4.79 Å². The molecule has 1 amide bonds. The number of ether oxygens (including phenoxy) is 1. The van der Waals surface area contributed by atoms with Gasteiger partial charge >= 0.3 is 0 Å². The molecule has 0 aliphatic heterocycles. The molecule has 0 atom stereocenters. The van der Waals surface area contributed by atoms with Crippen LogP contribution in [0.1, 0.15) is 0 Å². The molecular formula is C14H9Cl4NO2. The van der Waals surface area contributed by atoms with Gasteiger partial charge in [0.25, 0.3) is 5.91 Å². The highest BCUT2D eigenvalue weighted by atomic mass is 35.5. The summed E-state index contributed by atoms with van der Waals surface area (Å²) < 4.78 is 5.32. The zero-order valence-corrected chi connectivity index (χ0v) is 13.5. The van der Waals surface area contributed by atoms with Gasteiger partial charge in [-0.15, -0.1) is 0 Å². The Labute approximate surface area is 141 Å². The van der Waals surface area contributed by atoms with Crippen LogP contribution in [0.25, 0.3) is 0 Å². The van der Waals surface area contributed by atoms with Crippen molar-refractivity contribution in [2.24, 2.45) is 0 Å². The number of amides is 1. The highest BCUT2D eigenvalue weighted by Crippen LogP contribution is 2.32. The predicted octanol–water partition coefficient (Wildman–Crippen LogP) is 5.32. The lowest BCUT2D eigenvalue weighted by Gasteiger charge is -2.10. The fourth-order valence-electron chi connectivity index (χ4n) is 1.53. The molecule has 0 aliphatic rings. The summed E-state index contributed by atoms with van der Waals surface area (Å²) in [7, 11) is 0. The number of carbonyl (C=O) groups is 1. The summed E-state index contributed by atoms with van der Waals surface area (Å²) in [6.07, 6.45) is 0. The van der Waals surface area contributed by atoms with Crippen molar-refractivity contribution >= 4 is 58.0 Å². The van der Waals surface area contributed by atoms with Crippen molar-refractivity contribution in [1.82, 2.24) is 0 Å². The summed E-state index contributed by atoms with van der Waals surface area (Å²) >= 11 is 23.6. The Kier molecular flexibility index (Phi) is 5.59. The molecule has 1 N–H and O–H groups in total. The maximum Gasteiger partial charge on any atom is 0.262 e. The standard InChI is InChI=1S/C14H9Cl4NO2/c15-8-3-1-5-10(13(8)17)19-12(20)7-21-11-6-2-4-9(16)14(11)18/h1-6H,7H2,(H,19,20). The first-order valence-electron chi connectivity index (χ1n) is 5.79. The van der Waals surface area contributed by atoms with Gasteiger partial charge in [0.05, 0.1) is 20.8 Å². The molecule has 0 saturated heterocycles. The SMILES string of the molecule is O=C(COc1cccc(Cl)c1Cl)Nc1cccc(Cl)c1Cl. The summed E-state index contributed by atoms with van der Waals surface area (Å²) in [6, 6.07) is 9.87. The molecule has 0 spiro atoms. The normalized spacial score (nSPS) is 10.3. The van der Waals surface area contributed by atoms with Gasteiger partial charge in [0.15, 0.2) is 6.61 Å². The van der Waals surface area contributed by atoms with Crippen molar-refractivity contribution in [3.05, 3.63) is 56.5 Å². The van der Waals surface area contributed by atoms with Gasteiger partial charge in [-0.2, -0.15) is 0 Å². The predicted molar refractivity (Wildman–Crippen MR) is 87.0 cm³/mol. The second kappa shape index (κ2) is 7.23. The van der Waals surface area contributed by atoms with Gasteiger partial charge in [-0.3, -0.25) is 4.79 Å². The van der Waals surface area contributed by atoms with Crippen LogP contribution in [0.2, 0.25) is 20.1 Å². The van der Waals surface area contributed by atoms with E-state index in [1.54, 1.807) is 36.4 Å². The summed E-state index contributed by atoms with van der Waals surface area (Å²) in [5, 5.41) is 3.84. The second-order valence-electron chi connectivity index (χ2n) is 3.99. The molecule has 0 fully saturated rings. The Morgan fingerprint density at radius 1 is 0.952 bits per heavy atom. The van der Waals surface area contributed by atoms with Crippen LogP contribution < -0.4 is 10.1 Å². The van der Waals surface area contributed by atoms with Crippen LogP contribution in [0.4, 0.5) is 5.69 Å². The molecule has 0 bridgehead atoms. The van der Waals surface area contributed by atoms with Crippen LogP contribution in [0, 0.1) is 0 Å². The maximum absolute atomic E-state index is 11.8. The number of hydrogen-bond acceptors (Lipinski definition) is 2. The van der Waals surface area contributed by atoms with Gasteiger partial charge in [0, 0.05) is 0 Å². The number of anilines is 1. The van der Waals surface area contributed by atoms with Crippen molar-refractivity contribution in [3.63, 3.8) is 0 Å². The highest BCUT2D eigenvalue weighted by Gasteiger charge is 2.11. The van der Waals surface area contributed by atoms with E-state index in [1.165, 1.54) is 0 Å². The Bertz CT molecular complexity index is 676. The lowest BCUT2D eigenvalue weighted by Crippen LogP contribution is -2.20. The molecule has 21 heavy (non-hydrogen) atoms. The number of nitrogens with one attached hydrogen (secondary N) is 1. The number of rotatable bonds is 4. The topological polar surface area (TPSA) is 38.3 Å². The molecule has 7 heteroatoms. The molecule has 2 rings (SSSR count). The molecule has 2 aromatic carbocycles. The number of hydrogen-bond donors (Lipinski definition) is 1. The van der Waals surface area contributed by atoms with Crippen molar-refractivity contribution in [1.29, 1.82) is 0 Å². The number of halogens is 4. The molecule has 0 aliphatic carbocycles. The summed E-state index contributed by atoms with van der Waals surface area (Å²) in [5.74, 6) is -0.0632. The minimum Gasteiger partial charge on any atom is -0.482 e. The third kappa shape index (κ3) is 4.17. The molecule has 110 valence electrons. The molecule has 0 unspecified atom stereocenters.